The van der Waals surface area contributed by atoms with Gasteiger partial charge in [0, 0.05) is 18.7 Å². The summed E-state index contributed by atoms with van der Waals surface area (Å²) in [5.41, 5.74) is 7.01. The van der Waals surface area contributed by atoms with Crippen LogP contribution >= 0.6 is 11.6 Å². The number of aliphatic hydroxyl groups is 1. The minimum Gasteiger partial charge on any atom is -0.393 e. The van der Waals surface area contributed by atoms with E-state index in [0.717, 1.165) is 25.2 Å². The summed E-state index contributed by atoms with van der Waals surface area (Å²) in [6.45, 7) is 3.62. The monoisotopic (exact) mass is 267 g/mol. The third kappa shape index (κ3) is 2.60. The van der Waals surface area contributed by atoms with Gasteiger partial charge < -0.3 is 15.7 Å². The van der Waals surface area contributed by atoms with Crippen molar-refractivity contribution in [3.8, 4) is 0 Å². The van der Waals surface area contributed by atoms with Crippen LogP contribution in [-0.2, 0) is 0 Å². The van der Waals surface area contributed by atoms with Crippen LogP contribution in [0.3, 0.4) is 0 Å². The van der Waals surface area contributed by atoms with Crippen molar-refractivity contribution in [2.24, 2.45) is 11.7 Å². The topological polar surface area (TPSA) is 73.3 Å². The van der Waals surface area contributed by atoms with Gasteiger partial charge in [0.2, 0.25) is 0 Å². The molecule has 0 amide bonds. The van der Waals surface area contributed by atoms with Gasteiger partial charge in [0.25, 0.3) is 0 Å². The largest absolute Gasteiger partial charge is 0.393 e. The fourth-order valence-corrected chi connectivity index (χ4v) is 2.58. The number of hydrogen-bond acceptors (Lipinski definition) is 3. The molecule has 1 aromatic rings. The van der Waals surface area contributed by atoms with Crippen molar-refractivity contribution >= 4 is 23.1 Å². The maximum atomic E-state index is 9.72. The molecule has 4 nitrogen and oxygen atoms in total. The average molecular weight is 268 g/mol. The lowest BCUT2D eigenvalue weighted by Crippen LogP contribution is -2.42. The molecule has 1 aliphatic heterocycles. The summed E-state index contributed by atoms with van der Waals surface area (Å²) >= 11 is 6.23. The van der Waals surface area contributed by atoms with Gasteiger partial charge >= 0.3 is 0 Å². The smallest absolute Gasteiger partial charge is 0.122 e. The molecule has 98 valence electrons. The number of benzene rings is 1. The number of piperidine rings is 1. The molecule has 0 aliphatic carbocycles. The molecular weight excluding hydrogens is 250 g/mol. The normalized spacial score (nSPS) is 24.1. The first-order valence-electron chi connectivity index (χ1n) is 6.06. The van der Waals surface area contributed by atoms with E-state index in [2.05, 4.69) is 4.90 Å². The molecule has 0 saturated carbocycles. The van der Waals surface area contributed by atoms with Crippen LogP contribution < -0.4 is 10.6 Å². The Balaban J connectivity index is 2.21. The summed E-state index contributed by atoms with van der Waals surface area (Å²) in [6, 6.07) is 5.41. The van der Waals surface area contributed by atoms with Crippen LogP contribution in [-0.4, -0.2) is 30.1 Å². The van der Waals surface area contributed by atoms with Crippen molar-refractivity contribution in [1.29, 1.82) is 5.41 Å². The van der Waals surface area contributed by atoms with Gasteiger partial charge in [0.15, 0.2) is 0 Å². The van der Waals surface area contributed by atoms with E-state index in [0.29, 0.717) is 10.6 Å². The number of aliphatic hydroxyl groups excluding tert-OH is 1. The lowest BCUT2D eigenvalue weighted by molar-refractivity contribution is 0.0971. The standard InChI is InChI=1S/C13H18ClN3O/c1-8-7-17(5-4-12(8)18)11-3-2-9(13(15)16)6-10(11)14/h2-3,6,8,12,18H,4-5,7H2,1H3,(H3,15,16). The predicted octanol–water partition coefficient (Wildman–Crippen LogP) is 1.83. The summed E-state index contributed by atoms with van der Waals surface area (Å²) < 4.78 is 0. The SMILES string of the molecule is CC1CN(c2ccc(C(=N)N)cc2Cl)CCC1O. The zero-order chi connectivity index (χ0) is 13.3. The Kier molecular flexibility index (Phi) is 3.78. The van der Waals surface area contributed by atoms with Gasteiger partial charge in [-0.3, -0.25) is 5.41 Å². The number of hydrogen-bond donors (Lipinski definition) is 3. The molecule has 1 fully saturated rings. The van der Waals surface area contributed by atoms with E-state index in [-0.39, 0.29) is 17.9 Å². The minimum atomic E-state index is -0.225. The molecule has 18 heavy (non-hydrogen) atoms. The summed E-state index contributed by atoms with van der Waals surface area (Å²) in [5.74, 6) is 0.258. The Labute approximate surface area is 112 Å². The summed E-state index contributed by atoms with van der Waals surface area (Å²) in [7, 11) is 0. The Hall–Kier alpha value is -1.26. The van der Waals surface area contributed by atoms with Crippen LogP contribution in [0.5, 0.6) is 0 Å². The molecule has 5 heteroatoms. The number of amidine groups is 1. The second kappa shape index (κ2) is 5.16. The molecule has 1 heterocycles. The van der Waals surface area contributed by atoms with Crippen molar-refractivity contribution < 1.29 is 5.11 Å². The number of rotatable bonds is 2. The fourth-order valence-electron chi connectivity index (χ4n) is 2.28. The average Bonchev–Trinajstić information content (AvgIpc) is 2.32. The number of nitrogens with one attached hydrogen (secondary N) is 1. The lowest BCUT2D eigenvalue weighted by atomic mass is 9.96. The number of nitrogens with two attached hydrogens (primary N) is 1. The third-order valence-corrected chi connectivity index (χ3v) is 3.76. The quantitative estimate of drug-likeness (QED) is 0.565. The van der Waals surface area contributed by atoms with Gasteiger partial charge in [-0.15, -0.1) is 0 Å². The molecular formula is C13H18ClN3O. The molecule has 1 aliphatic rings. The van der Waals surface area contributed by atoms with Gasteiger partial charge in [0.05, 0.1) is 16.8 Å². The van der Waals surface area contributed by atoms with Crippen LogP contribution in [0.2, 0.25) is 5.02 Å². The predicted molar refractivity (Wildman–Crippen MR) is 74.5 cm³/mol. The maximum absolute atomic E-state index is 9.72. The third-order valence-electron chi connectivity index (χ3n) is 3.46. The highest BCUT2D eigenvalue weighted by Crippen LogP contribution is 2.30. The molecule has 0 radical (unpaired) electrons. The van der Waals surface area contributed by atoms with Crippen molar-refractivity contribution in [3.63, 3.8) is 0 Å². The highest BCUT2D eigenvalue weighted by molar-refractivity contribution is 6.33. The first-order valence-corrected chi connectivity index (χ1v) is 6.44. The van der Waals surface area contributed by atoms with E-state index in [1.54, 1.807) is 12.1 Å². The number of anilines is 1. The highest BCUT2D eigenvalue weighted by Gasteiger charge is 2.25. The first-order chi connectivity index (χ1) is 8.49. The van der Waals surface area contributed by atoms with Gasteiger partial charge in [0.1, 0.15) is 5.84 Å². The molecule has 0 aromatic heterocycles. The second-order valence-corrected chi connectivity index (χ2v) is 5.27. The zero-order valence-electron chi connectivity index (χ0n) is 10.4. The van der Waals surface area contributed by atoms with Crippen LogP contribution in [0.4, 0.5) is 5.69 Å². The molecule has 2 atom stereocenters. The zero-order valence-corrected chi connectivity index (χ0v) is 11.1. The first kappa shape index (κ1) is 13.2. The fraction of sp³-hybridized carbons (Fsp3) is 0.462. The van der Waals surface area contributed by atoms with E-state index < -0.39 is 0 Å². The second-order valence-electron chi connectivity index (χ2n) is 4.86. The van der Waals surface area contributed by atoms with Gasteiger partial charge in [-0.25, -0.2) is 0 Å². The van der Waals surface area contributed by atoms with Crippen molar-refractivity contribution in [2.45, 2.75) is 19.4 Å². The molecule has 4 N–H and O–H groups in total. The molecule has 0 spiro atoms. The minimum absolute atomic E-state index is 0.0193. The van der Waals surface area contributed by atoms with Gasteiger partial charge in [-0.1, -0.05) is 18.5 Å². The van der Waals surface area contributed by atoms with Crippen molar-refractivity contribution in [3.05, 3.63) is 28.8 Å². The van der Waals surface area contributed by atoms with E-state index in [4.69, 9.17) is 22.7 Å². The summed E-state index contributed by atoms with van der Waals surface area (Å²) in [6.07, 6.45) is 0.530. The molecule has 0 bridgehead atoms. The van der Waals surface area contributed by atoms with Crippen LogP contribution in [0.25, 0.3) is 0 Å². The lowest BCUT2D eigenvalue weighted by Gasteiger charge is -2.36. The summed E-state index contributed by atoms with van der Waals surface area (Å²) in [4.78, 5) is 2.17. The van der Waals surface area contributed by atoms with Gasteiger partial charge in [-0.2, -0.15) is 0 Å². The van der Waals surface area contributed by atoms with Crippen molar-refractivity contribution in [1.82, 2.24) is 0 Å². The van der Waals surface area contributed by atoms with Crippen LogP contribution in [0, 0.1) is 11.3 Å². The van der Waals surface area contributed by atoms with E-state index >= 15 is 0 Å². The Bertz CT molecular complexity index is 464. The van der Waals surface area contributed by atoms with E-state index in [1.807, 2.05) is 13.0 Å². The summed E-state index contributed by atoms with van der Waals surface area (Å²) in [5, 5.41) is 17.7. The maximum Gasteiger partial charge on any atom is 0.122 e. The molecule has 2 unspecified atom stereocenters. The Morgan fingerprint density at radius 3 is 2.83 bits per heavy atom. The number of nitrogen functional groups attached to an aromatic ring is 1. The Morgan fingerprint density at radius 2 is 2.28 bits per heavy atom. The number of nitrogens with zero attached hydrogens (tertiary/aromatic N) is 1. The van der Waals surface area contributed by atoms with Crippen molar-refractivity contribution in [2.75, 3.05) is 18.0 Å². The highest BCUT2D eigenvalue weighted by atomic mass is 35.5. The van der Waals surface area contributed by atoms with Crippen LogP contribution in [0.1, 0.15) is 18.9 Å². The molecule has 1 saturated heterocycles. The van der Waals surface area contributed by atoms with E-state index in [1.165, 1.54) is 0 Å². The number of halogens is 1. The Morgan fingerprint density at radius 1 is 1.56 bits per heavy atom. The van der Waals surface area contributed by atoms with Crippen LogP contribution in [0.15, 0.2) is 18.2 Å². The van der Waals surface area contributed by atoms with E-state index in [9.17, 15) is 5.11 Å². The van der Waals surface area contributed by atoms with Gasteiger partial charge in [-0.05, 0) is 30.5 Å². The molecule has 2 rings (SSSR count). The molecule has 1 aromatic carbocycles.